The molecule has 12 heteroatoms. The Hall–Kier alpha value is -3.80. The van der Waals surface area contributed by atoms with Crippen LogP contribution in [-0.2, 0) is 16.8 Å². The molecule has 0 amide bonds. The van der Waals surface area contributed by atoms with Gasteiger partial charge in [0.15, 0.2) is 11.6 Å². The monoisotopic (exact) mass is 604 g/mol. The molecule has 2 aromatic heterocycles. The summed E-state index contributed by atoms with van der Waals surface area (Å²) in [5, 5.41) is 9.28. The van der Waals surface area contributed by atoms with Gasteiger partial charge in [0.1, 0.15) is 18.2 Å². The summed E-state index contributed by atoms with van der Waals surface area (Å²) < 4.78 is 73.9. The number of piperidine rings is 2. The van der Waals surface area contributed by atoms with Crippen LogP contribution in [0.25, 0.3) is 11.1 Å². The highest BCUT2D eigenvalue weighted by Gasteiger charge is 2.37. The maximum atomic E-state index is 15.1. The highest BCUT2D eigenvalue weighted by molar-refractivity contribution is 5.73. The molecule has 2 fully saturated rings. The SMILES string of the molecule is CC1(c2cncc(COc3c(F)cc(F)cc3-c3ccnc(N4CCC(C(=O)O)CC4)c3)c2)CCN(CC(F)(F)F)CC1. The lowest BCUT2D eigenvalue weighted by Crippen LogP contribution is -2.44. The average Bonchev–Trinajstić information content (AvgIpc) is 2.97. The molecule has 0 radical (unpaired) electrons. The van der Waals surface area contributed by atoms with E-state index < -0.39 is 36.2 Å². The number of rotatable bonds is 8. The fourth-order valence-corrected chi connectivity index (χ4v) is 5.83. The van der Waals surface area contributed by atoms with Crippen molar-refractivity contribution in [3.05, 3.63) is 71.7 Å². The second-order valence-electron chi connectivity index (χ2n) is 11.6. The Bertz CT molecular complexity index is 1450. The number of carboxylic acid groups (broad SMARTS) is 1. The standard InChI is InChI=1S/C31H33F5N4O3/c1-30(5-10-39(11-6-30)19-31(34,35)36)23-12-20(16-37-17-23)18-43-28-25(14-24(32)15-26(28)33)22-2-7-38-27(13-22)40-8-3-21(4-9-40)29(41)42/h2,7,12-17,21H,3-6,8-11,18-19H2,1H3,(H,41,42). The van der Waals surface area contributed by atoms with Crippen molar-refractivity contribution in [3.63, 3.8) is 0 Å². The molecule has 5 rings (SSSR count). The molecule has 2 aliphatic heterocycles. The van der Waals surface area contributed by atoms with Gasteiger partial charge < -0.3 is 14.7 Å². The van der Waals surface area contributed by atoms with Crippen LogP contribution in [0.4, 0.5) is 27.8 Å². The molecule has 3 aromatic rings. The summed E-state index contributed by atoms with van der Waals surface area (Å²) in [7, 11) is 0. The number of benzene rings is 1. The summed E-state index contributed by atoms with van der Waals surface area (Å²) in [6.07, 6.45) is 2.59. The van der Waals surface area contributed by atoms with Crippen molar-refractivity contribution in [2.75, 3.05) is 37.6 Å². The summed E-state index contributed by atoms with van der Waals surface area (Å²) >= 11 is 0. The molecular formula is C31H33F5N4O3. The lowest BCUT2D eigenvalue weighted by molar-refractivity contribution is -0.149. The first-order valence-corrected chi connectivity index (χ1v) is 14.2. The number of carbonyl (C=O) groups is 1. The van der Waals surface area contributed by atoms with Crippen molar-refractivity contribution in [3.8, 4) is 16.9 Å². The third-order valence-corrected chi connectivity index (χ3v) is 8.47. The Kier molecular flexibility index (Phi) is 8.86. The van der Waals surface area contributed by atoms with Crippen LogP contribution in [0.2, 0.25) is 0 Å². The molecule has 0 aliphatic carbocycles. The number of halogens is 5. The zero-order valence-corrected chi connectivity index (χ0v) is 23.7. The van der Waals surface area contributed by atoms with Crippen LogP contribution in [0.3, 0.4) is 0 Å². The summed E-state index contributed by atoms with van der Waals surface area (Å²) in [6, 6.07) is 7.15. The number of anilines is 1. The van der Waals surface area contributed by atoms with E-state index in [1.807, 2.05) is 17.9 Å². The van der Waals surface area contributed by atoms with Gasteiger partial charge in [-0.25, -0.2) is 13.8 Å². The first kappa shape index (κ1) is 30.7. The lowest BCUT2D eigenvalue weighted by Gasteiger charge is -2.40. The number of aliphatic carboxylic acids is 1. The number of alkyl halides is 3. The Labute approximate surface area is 246 Å². The third kappa shape index (κ3) is 7.41. The van der Waals surface area contributed by atoms with Gasteiger partial charge in [-0.1, -0.05) is 6.92 Å². The Balaban J connectivity index is 1.31. The van der Waals surface area contributed by atoms with E-state index in [1.165, 1.54) is 17.2 Å². The molecule has 0 atom stereocenters. The Morgan fingerprint density at radius 2 is 1.79 bits per heavy atom. The van der Waals surface area contributed by atoms with E-state index in [4.69, 9.17) is 4.74 Å². The first-order chi connectivity index (χ1) is 20.4. The fraction of sp³-hybridized carbons (Fsp3) is 0.452. The van der Waals surface area contributed by atoms with E-state index in [-0.39, 0.29) is 23.3 Å². The van der Waals surface area contributed by atoms with E-state index in [1.54, 1.807) is 24.5 Å². The minimum absolute atomic E-state index is 0.0622. The zero-order chi connectivity index (χ0) is 30.8. The number of ether oxygens (including phenoxy) is 1. The predicted octanol–water partition coefficient (Wildman–Crippen LogP) is 6.22. The molecule has 0 spiro atoms. The van der Waals surface area contributed by atoms with Gasteiger partial charge in [-0.15, -0.1) is 0 Å². The molecule has 1 aromatic carbocycles. The molecule has 0 saturated carbocycles. The fourth-order valence-electron chi connectivity index (χ4n) is 5.83. The topological polar surface area (TPSA) is 78.8 Å². The highest BCUT2D eigenvalue weighted by atomic mass is 19.4. The molecule has 1 N–H and O–H groups in total. The predicted molar refractivity (Wildman–Crippen MR) is 150 cm³/mol. The molecule has 0 unspecified atom stereocenters. The molecule has 230 valence electrons. The Morgan fingerprint density at radius 1 is 1.07 bits per heavy atom. The van der Waals surface area contributed by atoms with Gasteiger partial charge in [0, 0.05) is 48.9 Å². The number of aromatic nitrogens is 2. The van der Waals surface area contributed by atoms with Gasteiger partial charge in [0.2, 0.25) is 0 Å². The Morgan fingerprint density at radius 3 is 2.47 bits per heavy atom. The first-order valence-electron chi connectivity index (χ1n) is 14.2. The van der Waals surface area contributed by atoms with Gasteiger partial charge in [-0.2, -0.15) is 13.2 Å². The summed E-state index contributed by atoms with van der Waals surface area (Å²) in [5.41, 5.74) is 1.83. The van der Waals surface area contributed by atoms with Crippen LogP contribution >= 0.6 is 0 Å². The highest BCUT2D eigenvalue weighted by Crippen LogP contribution is 2.38. The van der Waals surface area contributed by atoms with Crippen LogP contribution in [-0.4, -0.2) is 64.8 Å². The van der Waals surface area contributed by atoms with Gasteiger partial charge >= 0.3 is 12.1 Å². The van der Waals surface area contributed by atoms with E-state index in [2.05, 4.69) is 9.97 Å². The van der Waals surface area contributed by atoms with E-state index >= 15 is 4.39 Å². The quantitative estimate of drug-likeness (QED) is 0.306. The van der Waals surface area contributed by atoms with Gasteiger partial charge in [-0.3, -0.25) is 14.7 Å². The van der Waals surface area contributed by atoms with Crippen molar-refractivity contribution in [1.82, 2.24) is 14.9 Å². The lowest BCUT2D eigenvalue weighted by atomic mass is 9.75. The number of nitrogens with zero attached hydrogens (tertiary/aromatic N) is 4. The average molecular weight is 605 g/mol. The second kappa shape index (κ2) is 12.4. The number of pyridine rings is 2. The summed E-state index contributed by atoms with van der Waals surface area (Å²) in [5.74, 6) is -2.43. The molecule has 7 nitrogen and oxygen atoms in total. The van der Waals surface area contributed by atoms with Crippen molar-refractivity contribution in [2.45, 2.75) is 50.8 Å². The van der Waals surface area contributed by atoms with Crippen LogP contribution in [0.1, 0.15) is 43.7 Å². The van der Waals surface area contributed by atoms with Gasteiger partial charge in [0.25, 0.3) is 0 Å². The van der Waals surface area contributed by atoms with E-state index in [0.717, 1.165) is 11.6 Å². The number of carboxylic acids is 1. The number of hydrogen-bond donors (Lipinski definition) is 1. The van der Waals surface area contributed by atoms with E-state index in [9.17, 15) is 27.5 Å². The van der Waals surface area contributed by atoms with Crippen molar-refractivity contribution < 1.29 is 36.6 Å². The largest absolute Gasteiger partial charge is 0.485 e. The molecule has 43 heavy (non-hydrogen) atoms. The molecular weight excluding hydrogens is 571 g/mol. The maximum absolute atomic E-state index is 15.1. The van der Waals surface area contributed by atoms with Crippen LogP contribution in [0, 0.1) is 17.6 Å². The molecule has 2 saturated heterocycles. The smallest absolute Gasteiger partial charge is 0.401 e. The van der Waals surface area contributed by atoms with Crippen molar-refractivity contribution in [1.29, 1.82) is 0 Å². The van der Waals surface area contributed by atoms with Crippen molar-refractivity contribution >= 4 is 11.8 Å². The van der Waals surface area contributed by atoms with Crippen LogP contribution in [0.5, 0.6) is 5.75 Å². The maximum Gasteiger partial charge on any atom is 0.401 e. The van der Waals surface area contributed by atoms with Crippen LogP contribution in [0.15, 0.2) is 48.9 Å². The van der Waals surface area contributed by atoms with Gasteiger partial charge in [0.05, 0.1) is 12.5 Å². The molecule has 2 aliphatic rings. The molecule has 0 bridgehead atoms. The number of likely N-dealkylation sites (tertiary alicyclic amines) is 1. The second-order valence-corrected chi connectivity index (χ2v) is 11.6. The number of hydrogen-bond acceptors (Lipinski definition) is 6. The normalized spacial score (nSPS) is 18.0. The van der Waals surface area contributed by atoms with Gasteiger partial charge in [-0.05, 0) is 79.6 Å². The van der Waals surface area contributed by atoms with Crippen molar-refractivity contribution in [2.24, 2.45) is 5.92 Å². The van der Waals surface area contributed by atoms with E-state index in [0.29, 0.717) is 68.8 Å². The van der Waals surface area contributed by atoms with Crippen LogP contribution < -0.4 is 9.64 Å². The zero-order valence-electron chi connectivity index (χ0n) is 23.7. The molecule has 4 heterocycles. The summed E-state index contributed by atoms with van der Waals surface area (Å²) in [6.45, 7) is 2.63. The summed E-state index contributed by atoms with van der Waals surface area (Å²) in [4.78, 5) is 23.4. The third-order valence-electron chi connectivity index (χ3n) is 8.47. The minimum atomic E-state index is -4.24. The minimum Gasteiger partial charge on any atom is -0.485 e.